The van der Waals surface area contributed by atoms with Gasteiger partial charge in [-0.1, -0.05) is 18.2 Å². The minimum Gasteiger partial charge on any atom is -0.277 e. The summed E-state index contributed by atoms with van der Waals surface area (Å²) in [6.45, 7) is 0. The molecule has 2 heterocycles. The lowest BCUT2D eigenvalue weighted by Crippen LogP contribution is -1.91. The highest BCUT2D eigenvalue weighted by atomic mass is 19.1. The van der Waals surface area contributed by atoms with E-state index in [-0.39, 0.29) is 0 Å². The Labute approximate surface area is 149 Å². The maximum Gasteiger partial charge on any atom is 0.126 e. The van der Waals surface area contributed by atoms with Crippen molar-refractivity contribution < 1.29 is 8.78 Å². The molecule has 0 unspecified atom stereocenters. The van der Waals surface area contributed by atoms with Crippen LogP contribution in [0.3, 0.4) is 0 Å². The summed E-state index contributed by atoms with van der Waals surface area (Å²) in [6, 6.07) is 13.3. The van der Waals surface area contributed by atoms with Crippen molar-refractivity contribution in [2.75, 3.05) is 0 Å². The van der Waals surface area contributed by atoms with Gasteiger partial charge in [0.15, 0.2) is 0 Å². The van der Waals surface area contributed by atoms with E-state index in [1.807, 2.05) is 42.5 Å². The molecule has 0 saturated carbocycles. The number of halogens is 2. The minimum absolute atomic E-state index is 0.446. The summed E-state index contributed by atoms with van der Waals surface area (Å²) in [5.74, 6) is -1.13. The number of H-pyrrole nitrogens is 1. The van der Waals surface area contributed by atoms with Crippen LogP contribution in [0.4, 0.5) is 8.78 Å². The fraction of sp³-hybridized carbons (Fsp3) is 0.0476. The van der Waals surface area contributed by atoms with Crippen LogP contribution in [0, 0.1) is 11.6 Å². The number of pyridine rings is 1. The van der Waals surface area contributed by atoms with Crippen LogP contribution in [-0.2, 0) is 6.42 Å². The number of rotatable bonds is 4. The van der Waals surface area contributed by atoms with Gasteiger partial charge in [-0.05, 0) is 59.5 Å². The fourth-order valence-corrected chi connectivity index (χ4v) is 2.92. The van der Waals surface area contributed by atoms with E-state index < -0.39 is 11.6 Å². The molecule has 0 radical (unpaired) electrons. The van der Waals surface area contributed by atoms with Gasteiger partial charge in [0.1, 0.15) is 11.6 Å². The average molecular weight is 347 g/mol. The first-order valence-electron chi connectivity index (χ1n) is 8.17. The molecule has 0 fully saturated rings. The molecular weight excluding hydrogens is 332 g/mol. The van der Waals surface area contributed by atoms with Crippen LogP contribution in [0.5, 0.6) is 0 Å². The maximum absolute atomic E-state index is 13.4. The van der Waals surface area contributed by atoms with E-state index >= 15 is 0 Å². The number of nitrogens with one attached hydrogen (secondary N) is 1. The average Bonchev–Trinajstić information content (AvgIpc) is 3.02. The Bertz CT molecular complexity index is 1060. The Morgan fingerprint density at radius 3 is 2.54 bits per heavy atom. The molecule has 0 spiro atoms. The van der Waals surface area contributed by atoms with Gasteiger partial charge in [-0.2, -0.15) is 5.10 Å². The Morgan fingerprint density at radius 1 is 0.923 bits per heavy atom. The SMILES string of the molecule is Fc1cc(F)cc(Cc2ccc3[nH]nc(/C=C/c4cccnc4)c3c2)c1. The summed E-state index contributed by atoms with van der Waals surface area (Å²) in [5.41, 5.74) is 4.24. The van der Waals surface area contributed by atoms with Gasteiger partial charge >= 0.3 is 0 Å². The third-order valence-corrected chi connectivity index (χ3v) is 4.11. The van der Waals surface area contributed by atoms with Crippen LogP contribution >= 0.6 is 0 Å². The Balaban J connectivity index is 1.65. The smallest absolute Gasteiger partial charge is 0.126 e. The van der Waals surface area contributed by atoms with Crippen molar-refractivity contribution in [1.82, 2.24) is 15.2 Å². The number of hydrogen-bond acceptors (Lipinski definition) is 2. The summed E-state index contributed by atoms with van der Waals surface area (Å²) in [4.78, 5) is 4.08. The fourth-order valence-electron chi connectivity index (χ4n) is 2.92. The molecule has 0 aliphatic carbocycles. The molecule has 2 aromatic carbocycles. The molecule has 26 heavy (non-hydrogen) atoms. The van der Waals surface area contributed by atoms with Gasteiger partial charge in [0, 0.05) is 23.8 Å². The summed E-state index contributed by atoms with van der Waals surface area (Å²) in [7, 11) is 0. The second kappa shape index (κ2) is 6.88. The van der Waals surface area contributed by atoms with Crippen LogP contribution in [0.1, 0.15) is 22.4 Å². The zero-order valence-electron chi connectivity index (χ0n) is 13.8. The number of aromatic amines is 1. The highest BCUT2D eigenvalue weighted by Crippen LogP contribution is 2.22. The van der Waals surface area contributed by atoms with Crippen LogP contribution in [0.25, 0.3) is 23.1 Å². The minimum atomic E-state index is -0.565. The van der Waals surface area contributed by atoms with E-state index in [0.717, 1.165) is 33.8 Å². The molecular formula is C21H15F2N3. The van der Waals surface area contributed by atoms with Crippen molar-refractivity contribution in [3.05, 3.63) is 94.9 Å². The number of benzene rings is 2. The lowest BCUT2D eigenvalue weighted by molar-refractivity contribution is 0.580. The largest absolute Gasteiger partial charge is 0.277 e. The highest BCUT2D eigenvalue weighted by molar-refractivity contribution is 5.89. The third-order valence-electron chi connectivity index (χ3n) is 4.11. The summed E-state index contributed by atoms with van der Waals surface area (Å²) >= 11 is 0. The van der Waals surface area contributed by atoms with Crippen molar-refractivity contribution in [3.8, 4) is 0 Å². The van der Waals surface area contributed by atoms with E-state index in [1.165, 1.54) is 12.1 Å². The first-order chi connectivity index (χ1) is 12.7. The molecule has 0 saturated heterocycles. The van der Waals surface area contributed by atoms with E-state index in [2.05, 4.69) is 15.2 Å². The van der Waals surface area contributed by atoms with Crippen molar-refractivity contribution in [1.29, 1.82) is 0 Å². The number of nitrogens with zero attached hydrogens (tertiary/aromatic N) is 2. The highest BCUT2D eigenvalue weighted by Gasteiger charge is 2.07. The number of aromatic nitrogens is 3. The monoisotopic (exact) mass is 347 g/mol. The number of fused-ring (bicyclic) bond motifs is 1. The van der Waals surface area contributed by atoms with Gasteiger partial charge in [-0.3, -0.25) is 10.1 Å². The van der Waals surface area contributed by atoms with E-state index in [1.54, 1.807) is 12.4 Å². The van der Waals surface area contributed by atoms with E-state index in [0.29, 0.717) is 12.0 Å². The molecule has 1 N–H and O–H groups in total. The van der Waals surface area contributed by atoms with Gasteiger partial charge < -0.3 is 0 Å². The van der Waals surface area contributed by atoms with Crippen LogP contribution in [0.2, 0.25) is 0 Å². The quantitative estimate of drug-likeness (QED) is 0.565. The van der Waals surface area contributed by atoms with Crippen LogP contribution in [-0.4, -0.2) is 15.2 Å². The summed E-state index contributed by atoms with van der Waals surface area (Å²) < 4.78 is 26.8. The molecule has 0 aliphatic rings. The first-order valence-corrected chi connectivity index (χ1v) is 8.17. The molecule has 4 aromatic rings. The Hall–Kier alpha value is -3.34. The summed E-state index contributed by atoms with van der Waals surface area (Å²) in [6.07, 6.45) is 7.80. The molecule has 3 nitrogen and oxygen atoms in total. The standard InChI is InChI=1S/C21H15F2N3/c22-17-9-16(10-18(23)12-17)8-15-4-6-21-19(11-15)20(25-26-21)5-3-14-2-1-7-24-13-14/h1-7,9-13H,8H2,(H,25,26)/b5-3+. The van der Waals surface area contributed by atoms with Crippen molar-refractivity contribution in [3.63, 3.8) is 0 Å². The predicted molar refractivity (Wildman–Crippen MR) is 98.4 cm³/mol. The van der Waals surface area contributed by atoms with Crippen molar-refractivity contribution >= 4 is 23.1 Å². The molecule has 2 aromatic heterocycles. The predicted octanol–water partition coefficient (Wildman–Crippen LogP) is 5.00. The lowest BCUT2D eigenvalue weighted by Gasteiger charge is -2.03. The van der Waals surface area contributed by atoms with Crippen molar-refractivity contribution in [2.45, 2.75) is 6.42 Å². The van der Waals surface area contributed by atoms with E-state index in [4.69, 9.17) is 0 Å². The van der Waals surface area contributed by atoms with Gasteiger partial charge in [-0.25, -0.2) is 8.78 Å². The molecule has 5 heteroatoms. The van der Waals surface area contributed by atoms with Gasteiger partial charge in [0.25, 0.3) is 0 Å². The Morgan fingerprint density at radius 2 is 1.77 bits per heavy atom. The van der Waals surface area contributed by atoms with Gasteiger partial charge in [-0.15, -0.1) is 0 Å². The Kier molecular flexibility index (Phi) is 4.27. The van der Waals surface area contributed by atoms with Crippen LogP contribution < -0.4 is 0 Å². The molecule has 0 amide bonds. The van der Waals surface area contributed by atoms with Gasteiger partial charge in [0.05, 0.1) is 11.2 Å². The second-order valence-corrected chi connectivity index (χ2v) is 6.06. The molecule has 0 atom stereocenters. The zero-order valence-corrected chi connectivity index (χ0v) is 13.8. The number of hydrogen-bond donors (Lipinski definition) is 1. The topological polar surface area (TPSA) is 41.6 Å². The third kappa shape index (κ3) is 3.52. The normalized spacial score (nSPS) is 11.5. The zero-order chi connectivity index (χ0) is 17.9. The molecule has 128 valence electrons. The van der Waals surface area contributed by atoms with Crippen molar-refractivity contribution in [2.24, 2.45) is 0 Å². The van der Waals surface area contributed by atoms with Gasteiger partial charge in [0.2, 0.25) is 0 Å². The molecule has 0 aliphatic heterocycles. The lowest BCUT2D eigenvalue weighted by atomic mass is 10.0. The summed E-state index contributed by atoms with van der Waals surface area (Å²) in [5, 5.41) is 8.29. The molecule has 0 bridgehead atoms. The first kappa shape index (κ1) is 16.1. The maximum atomic E-state index is 13.4. The second-order valence-electron chi connectivity index (χ2n) is 6.06. The van der Waals surface area contributed by atoms with E-state index in [9.17, 15) is 8.78 Å². The molecule has 4 rings (SSSR count). The van der Waals surface area contributed by atoms with Crippen LogP contribution in [0.15, 0.2) is 60.9 Å².